The third-order valence-corrected chi connectivity index (χ3v) is 3.96. The maximum absolute atomic E-state index is 12.1. The van der Waals surface area contributed by atoms with Gasteiger partial charge in [-0.15, -0.1) is 5.10 Å². The van der Waals surface area contributed by atoms with Crippen LogP contribution in [0.15, 0.2) is 24.3 Å². The van der Waals surface area contributed by atoms with Crippen molar-refractivity contribution in [1.29, 1.82) is 0 Å². The van der Waals surface area contributed by atoms with Crippen molar-refractivity contribution in [3.05, 3.63) is 41.2 Å². The monoisotopic (exact) mass is 354 g/mol. The van der Waals surface area contributed by atoms with E-state index in [1.54, 1.807) is 0 Å². The van der Waals surface area contributed by atoms with Gasteiger partial charge in [0, 0.05) is 13.1 Å². The van der Waals surface area contributed by atoms with Crippen molar-refractivity contribution in [3.8, 4) is 0 Å². The topological polar surface area (TPSA) is 75.9 Å². The van der Waals surface area contributed by atoms with Gasteiger partial charge in [0.1, 0.15) is 13.1 Å². The van der Waals surface area contributed by atoms with Crippen LogP contribution in [0.2, 0.25) is 0 Å². The van der Waals surface area contributed by atoms with E-state index in [1.165, 1.54) is 15.8 Å². The van der Waals surface area contributed by atoms with Crippen molar-refractivity contribution in [2.24, 2.45) is 0 Å². The Balaban J connectivity index is 1.58. The molecule has 0 aliphatic carbocycles. The zero-order valence-electron chi connectivity index (χ0n) is 13.3. The fraction of sp³-hybridized carbons (Fsp3) is 0.467. The van der Waals surface area contributed by atoms with Gasteiger partial charge in [-0.1, -0.05) is 24.3 Å². The van der Waals surface area contributed by atoms with Crippen LogP contribution in [0, 0.1) is 0 Å². The molecule has 134 valence electrons. The third kappa shape index (κ3) is 4.75. The van der Waals surface area contributed by atoms with Gasteiger partial charge >= 0.3 is 6.18 Å². The SMILES string of the molecule is O=C(Cn1nnnc1CN1CCc2ccccc2C1)NCC(F)(F)F. The average molecular weight is 354 g/mol. The minimum Gasteiger partial charge on any atom is -0.345 e. The Bertz CT molecular complexity index is 745. The summed E-state index contributed by atoms with van der Waals surface area (Å²) in [5.41, 5.74) is 2.54. The van der Waals surface area contributed by atoms with Crippen LogP contribution >= 0.6 is 0 Å². The summed E-state index contributed by atoms with van der Waals surface area (Å²) in [6.45, 7) is 0.274. The summed E-state index contributed by atoms with van der Waals surface area (Å²) in [5.74, 6) is -0.337. The van der Waals surface area contributed by atoms with Crippen molar-refractivity contribution in [2.45, 2.75) is 32.2 Å². The Morgan fingerprint density at radius 2 is 2.00 bits per heavy atom. The standard InChI is InChI=1S/C15H17F3N6O/c16-15(17,18)10-19-14(25)9-24-13(20-21-22-24)8-23-6-5-11-3-1-2-4-12(11)7-23/h1-4H,5-10H2,(H,19,25). The first-order valence-corrected chi connectivity index (χ1v) is 7.78. The first-order chi connectivity index (χ1) is 11.9. The number of nitrogens with zero attached hydrogens (tertiary/aromatic N) is 5. The molecule has 25 heavy (non-hydrogen) atoms. The summed E-state index contributed by atoms with van der Waals surface area (Å²) in [4.78, 5) is 13.8. The zero-order chi connectivity index (χ0) is 17.9. The van der Waals surface area contributed by atoms with Gasteiger partial charge in [-0.2, -0.15) is 13.2 Å². The number of alkyl halides is 3. The summed E-state index contributed by atoms with van der Waals surface area (Å²) in [7, 11) is 0. The van der Waals surface area contributed by atoms with Crippen molar-refractivity contribution >= 4 is 5.91 Å². The highest BCUT2D eigenvalue weighted by molar-refractivity contribution is 5.75. The molecule has 3 rings (SSSR count). The number of amides is 1. The zero-order valence-corrected chi connectivity index (χ0v) is 13.3. The molecule has 0 radical (unpaired) electrons. The molecule has 1 aliphatic heterocycles. The summed E-state index contributed by atoms with van der Waals surface area (Å²) >= 11 is 0. The summed E-state index contributed by atoms with van der Waals surface area (Å²) in [6, 6.07) is 8.16. The number of carbonyl (C=O) groups is 1. The quantitative estimate of drug-likeness (QED) is 0.864. The number of tetrazole rings is 1. The Kier molecular flexibility index (Phi) is 4.98. The lowest BCUT2D eigenvalue weighted by Gasteiger charge is -2.28. The second kappa shape index (κ2) is 7.18. The van der Waals surface area contributed by atoms with Crippen LogP contribution in [0.4, 0.5) is 13.2 Å². The number of rotatable bonds is 5. The molecule has 2 aromatic rings. The summed E-state index contributed by atoms with van der Waals surface area (Å²) in [6.07, 6.45) is -3.54. The second-order valence-electron chi connectivity index (χ2n) is 5.87. The van der Waals surface area contributed by atoms with E-state index in [2.05, 4.69) is 32.6 Å². The predicted octanol–water partition coefficient (Wildman–Crippen LogP) is 0.910. The highest BCUT2D eigenvalue weighted by Gasteiger charge is 2.28. The van der Waals surface area contributed by atoms with Gasteiger partial charge in [-0.3, -0.25) is 9.69 Å². The lowest BCUT2D eigenvalue weighted by Crippen LogP contribution is -2.37. The predicted molar refractivity (Wildman–Crippen MR) is 81.1 cm³/mol. The first-order valence-electron chi connectivity index (χ1n) is 7.78. The fourth-order valence-electron chi connectivity index (χ4n) is 2.74. The van der Waals surface area contributed by atoms with E-state index in [1.807, 2.05) is 17.4 Å². The molecule has 0 atom stereocenters. The molecule has 0 bridgehead atoms. The number of nitrogens with one attached hydrogen (secondary N) is 1. The number of carbonyl (C=O) groups excluding carboxylic acids is 1. The normalized spacial score (nSPS) is 15.0. The van der Waals surface area contributed by atoms with Crippen LogP contribution in [0.1, 0.15) is 17.0 Å². The minimum absolute atomic E-state index is 0.344. The van der Waals surface area contributed by atoms with Gasteiger partial charge in [0.05, 0.1) is 6.54 Å². The molecule has 10 heteroatoms. The van der Waals surface area contributed by atoms with Gasteiger partial charge in [0.15, 0.2) is 5.82 Å². The number of halogens is 3. The number of benzene rings is 1. The average Bonchev–Trinajstić information content (AvgIpc) is 2.99. The molecule has 1 amide bonds. The maximum atomic E-state index is 12.1. The van der Waals surface area contributed by atoms with E-state index in [0.29, 0.717) is 12.4 Å². The molecule has 1 aliphatic rings. The Morgan fingerprint density at radius 1 is 1.24 bits per heavy atom. The lowest BCUT2D eigenvalue weighted by atomic mass is 10.00. The number of hydrogen-bond donors (Lipinski definition) is 1. The lowest BCUT2D eigenvalue weighted by molar-refractivity contribution is -0.138. The largest absolute Gasteiger partial charge is 0.405 e. The molecule has 0 fully saturated rings. The molecule has 0 saturated carbocycles. The van der Waals surface area contributed by atoms with Crippen molar-refractivity contribution in [3.63, 3.8) is 0 Å². The third-order valence-electron chi connectivity index (χ3n) is 3.96. The van der Waals surface area contributed by atoms with Gasteiger partial charge in [-0.05, 0) is 28.0 Å². The Labute approximate surface area is 141 Å². The Hall–Kier alpha value is -2.49. The van der Waals surface area contributed by atoms with Gasteiger partial charge in [-0.25, -0.2) is 4.68 Å². The van der Waals surface area contributed by atoms with E-state index in [4.69, 9.17) is 0 Å². The van der Waals surface area contributed by atoms with Crippen LogP contribution in [0.25, 0.3) is 0 Å². The van der Waals surface area contributed by atoms with Crippen molar-refractivity contribution in [1.82, 2.24) is 30.4 Å². The van der Waals surface area contributed by atoms with Crippen LogP contribution in [-0.4, -0.2) is 50.3 Å². The van der Waals surface area contributed by atoms with E-state index in [0.717, 1.165) is 19.5 Å². The van der Waals surface area contributed by atoms with E-state index in [9.17, 15) is 18.0 Å². The number of hydrogen-bond acceptors (Lipinski definition) is 5. The number of fused-ring (bicyclic) bond motifs is 1. The molecule has 0 saturated heterocycles. The molecular weight excluding hydrogens is 337 g/mol. The van der Waals surface area contributed by atoms with E-state index < -0.39 is 18.6 Å². The minimum atomic E-state index is -4.44. The van der Waals surface area contributed by atoms with Crippen molar-refractivity contribution in [2.75, 3.05) is 13.1 Å². The Morgan fingerprint density at radius 3 is 2.76 bits per heavy atom. The molecule has 0 unspecified atom stereocenters. The fourth-order valence-corrected chi connectivity index (χ4v) is 2.74. The van der Waals surface area contributed by atoms with Gasteiger partial charge in [0.2, 0.25) is 5.91 Å². The maximum Gasteiger partial charge on any atom is 0.405 e. The second-order valence-corrected chi connectivity index (χ2v) is 5.87. The van der Waals surface area contributed by atoms with Crippen molar-refractivity contribution < 1.29 is 18.0 Å². The molecule has 1 aromatic carbocycles. The van der Waals surface area contributed by atoms with Crippen LogP contribution in [-0.2, 0) is 30.8 Å². The molecule has 0 spiro atoms. The van der Waals surface area contributed by atoms with Crippen LogP contribution in [0.3, 0.4) is 0 Å². The molecule has 7 nitrogen and oxygen atoms in total. The van der Waals surface area contributed by atoms with E-state index in [-0.39, 0.29) is 6.54 Å². The van der Waals surface area contributed by atoms with Crippen LogP contribution in [0.5, 0.6) is 0 Å². The molecule has 2 heterocycles. The summed E-state index contributed by atoms with van der Waals surface area (Å²) in [5, 5.41) is 12.9. The molecule has 1 aromatic heterocycles. The number of aromatic nitrogens is 4. The van der Waals surface area contributed by atoms with E-state index >= 15 is 0 Å². The highest BCUT2D eigenvalue weighted by atomic mass is 19.4. The molecular formula is C15H17F3N6O. The smallest absolute Gasteiger partial charge is 0.345 e. The first kappa shape index (κ1) is 17.3. The summed E-state index contributed by atoms with van der Waals surface area (Å²) < 4.78 is 37.6. The molecule has 1 N–H and O–H groups in total. The van der Waals surface area contributed by atoms with Crippen LogP contribution < -0.4 is 5.32 Å². The van der Waals surface area contributed by atoms with Gasteiger partial charge < -0.3 is 5.32 Å². The van der Waals surface area contributed by atoms with Gasteiger partial charge in [0.25, 0.3) is 0 Å². The highest BCUT2D eigenvalue weighted by Crippen LogP contribution is 2.19.